The second-order valence-corrected chi connectivity index (χ2v) is 6.25. The predicted molar refractivity (Wildman–Crippen MR) is 101 cm³/mol. The Morgan fingerprint density at radius 1 is 1.07 bits per heavy atom. The fourth-order valence-corrected chi connectivity index (χ4v) is 2.63. The third-order valence-electron chi connectivity index (χ3n) is 4.13. The Morgan fingerprint density at radius 3 is 2.59 bits per heavy atom. The summed E-state index contributed by atoms with van der Waals surface area (Å²) in [6, 6.07) is 9.19. The molecule has 1 amide bonds. The van der Waals surface area contributed by atoms with Crippen molar-refractivity contribution in [3.63, 3.8) is 0 Å². The van der Waals surface area contributed by atoms with Crippen LogP contribution in [0.1, 0.15) is 12.0 Å². The Morgan fingerprint density at radius 2 is 1.86 bits per heavy atom. The smallest absolute Gasteiger partial charge is 0.370 e. The number of anilines is 1. The van der Waals surface area contributed by atoms with Gasteiger partial charge in [0.2, 0.25) is 5.91 Å². The second kappa shape index (κ2) is 8.72. The lowest BCUT2D eigenvalue weighted by Crippen LogP contribution is -2.34. The Kier molecular flexibility index (Phi) is 6.10. The van der Waals surface area contributed by atoms with Crippen LogP contribution in [0.5, 0.6) is 0 Å². The number of amides is 1. The van der Waals surface area contributed by atoms with Crippen LogP contribution in [-0.4, -0.2) is 33.8 Å². The van der Waals surface area contributed by atoms with E-state index in [-0.39, 0.29) is 18.0 Å². The lowest BCUT2D eigenvalue weighted by atomic mass is 10.2. The summed E-state index contributed by atoms with van der Waals surface area (Å²) in [7, 11) is 0. The van der Waals surface area contributed by atoms with Gasteiger partial charge < -0.3 is 10.6 Å². The first-order chi connectivity index (χ1) is 13.8. The maximum Gasteiger partial charge on any atom is 0.417 e. The lowest BCUT2D eigenvalue weighted by Gasteiger charge is -2.09. The molecule has 0 saturated heterocycles. The van der Waals surface area contributed by atoms with Gasteiger partial charge in [-0.15, -0.1) is 0 Å². The van der Waals surface area contributed by atoms with E-state index in [0.717, 1.165) is 16.9 Å². The molecule has 2 heterocycles. The Bertz CT molecular complexity index is 1050. The van der Waals surface area contributed by atoms with Crippen LogP contribution in [0.4, 0.5) is 19.0 Å². The van der Waals surface area contributed by atoms with Gasteiger partial charge in [-0.05, 0) is 24.6 Å². The molecule has 0 aliphatic carbocycles. The second-order valence-electron chi connectivity index (χ2n) is 6.25. The minimum atomic E-state index is -4.42. The average Bonchev–Trinajstić information content (AvgIpc) is 2.70. The van der Waals surface area contributed by atoms with Crippen molar-refractivity contribution in [2.45, 2.75) is 19.1 Å². The average molecular weight is 405 g/mol. The van der Waals surface area contributed by atoms with Crippen molar-refractivity contribution >= 4 is 22.5 Å². The topological polar surface area (TPSA) is 88.9 Å². The number of aromatic nitrogens is 3. The van der Waals surface area contributed by atoms with Gasteiger partial charge in [-0.25, -0.2) is 9.67 Å². The summed E-state index contributed by atoms with van der Waals surface area (Å²) in [4.78, 5) is 28.0. The van der Waals surface area contributed by atoms with E-state index in [1.54, 1.807) is 24.3 Å². The molecule has 0 saturated carbocycles. The number of hydrogen-bond acceptors (Lipinski definition) is 5. The van der Waals surface area contributed by atoms with E-state index in [1.165, 1.54) is 12.3 Å². The van der Waals surface area contributed by atoms with Crippen LogP contribution in [0, 0.1) is 0 Å². The van der Waals surface area contributed by atoms with Crippen molar-refractivity contribution in [3.8, 4) is 0 Å². The van der Waals surface area contributed by atoms with Gasteiger partial charge in [-0.2, -0.15) is 18.3 Å². The number of benzene rings is 1. The van der Waals surface area contributed by atoms with Gasteiger partial charge in [0.05, 0.1) is 17.1 Å². The van der Waals surface area contributed by atoms with Gasteiger partial charge >= 0.3 is 6.18 Å². The molecular weight excluding hydrogens is 387 g/mol. The number of hydrogen-bond donors (Lipinski definition) is 2. The Hall–Kier alpha value is -3.43. The van der Waals surface area contributed by atoms with Gasteiger partial charge in [-0.3, -0.25) is 9.59 Å². The van der Waals surface area contributed by atoms with E-state index in [0.29, 0.717) is 36.1 Å². The molecule has 0 aliphatic heterocycles. The maximum absolute atomic E-state index is 12.5. The zero-order valence-corrected chi connectivity index (χ0v) is 15.2. The summed E-state index contributed by atoms with van der Waals surface area (Å²) in [5.41, 5.74) is -1.15. The number of halogens is 3. The van der Waals surface area contributed by atoms with Crippen molar-refractivity contribution in [3.05, 3.63) is 64.7 Å². The minimum absolute atomic E-state index is 0.197. The van der Waals surface area contributed by atoms with Crippen molar-refractivity contribution in [1.29, 1.82) is 0 Å². The van der Waals surface area contributed by atoms with Gasteiger partial charge in [0.15, 0.2) is 0 Å². The fourth-order valence-electron chi connectivity index (χ4n) is 2.63. The number of carbonyl (C=O) groups excluding carboxylic acids is 1. The van der Waals surface area contributed by atoms with E-state index in [1.807, 2.05) is 0 Å². The molecule has 0 bridgehead atoms. The van der Waals surface area contributed by atoms with Crippen molar-refractivity contribution in [2.75, 3.05) is 18.4 Å². The van der Waals surface area contributed by atoms with Crippen LogP contribution in [0.3, 0.4) is 0 Å². The highest BCUT2D eigenvalue weighted by atomic mass is 19.4. The monoisotopic (exact) mass is 405 g/mol. The van der Waals surface area contributed by atoms with E-state index in [2.05, 4.69) is 20.7 Å². The summed E-state index contributed by atoms with van der Waals surface area (Å²) >= 11 is 0. The predicted octanol–water partition coefficient (Wildman–Crippen LogP) is 2.43. The fraction of sp³-hybridized carbons (Fsp3) is 0.263. The zero-order chi connectivity index (χ0) is 20.9. The molecule has 10 heteroatoms. The van der Waals surface area contributed by atoms with E-state index in [9.17, 15) is 22.8 Å². The van der Waals surface area contributed by atoms with Crippen LogP contribution >= 0.6 is 0 Å². The zero-order valence-electron chi connectivity index (χ0n) is 15.2. The minimum Gasteiger partial charge on any atom is -0.370 e. The molecule has 0 fully saturated rings. The molecule has 1 aromatic carbocycles. The number of pyridine rings is 1. The molecule has 152 valence electrons. The summed E-state index contributed by atoms with van der Waals surface area (Å²) in [6.07, 6.45) is -1.60. The highest BCUT2D eigenvalue weighted by Crippen LogP contribution is 2.28. The molecular formula is C19H18F3N5O2. The summed E-state index contributed by atoms with van der Waals surface area (Å²) < 4.78 is 38.5. The highest BCUT2D eigenvalue weighted by Gasteiger charge is 2.30. The first-order valence-electron chi connectivity index (χ1n) is 8.83. The van der Waals surface area contributed by atoms with Crippen LogP contribution in [-0.2, 0) is 17.5 Å². The van der Waals surface area contributed by atoms with E-state index >= 15 is 0 Å². The molecule has 2 aromatic heterocycles. The molecule has 0 spiro atoms. The molecule has 0 aliphatic rings. The maximum atomic E-state index is 12.5. The number of nitrogens with zero attached hydrogens (tertiary/aromatic N) is 3. The van der Waals surface area contributed by atoms with Crippen LogP contribution < -0.4 is 16.2 Å². The summed E-state index contributed by atoms with van der Waals surface area (Å²) in [5, 5.41) is 10.7. The number of rotatable bonds is 7. The van der Waals surface area contributed by atoms with Gasteiger partial charge in [0.1, 0.15) is 12.4 Å². The normalized spacial score (nSPS) is 11.4. The van der Waals surface area contributed by atoms with Crippen molar-refractivity contribution in [1.82, 2.24) is 20.1 Å². The van der Waals surface area contributed by atoms with E-state index in [4.69, 9.17) is 0 Å². The molecule has 3 rings (SSSR count). The molecule has 29 heavy (non-hydrogen) atoms. The number of carbonyl (C=O) groups is 1. The molecule has 0 radical (unpaired) electrons. The van der Waals surface area contributed by atoms with Gasteiger partial charge in [0.25, 0.3) is 5.56 Å². The summed E-state index contributed by atoms with van der Waals surface area (Å²) in [5.74, 6) is -0.0428. The van der Waals surface area contributed by atoms with Crippen LogP contribution in [0.25, 0.3) is 10.8 Å². The van der Waals surface area contributed by atoms with E-state index < -0.39 is 11.7 Å². The number of nitrogens with one attached hydrogen (secondary N) is 2. The summed E-state index contributed by atoms with van der Waals surface area (Å²) in [6.45, 7) is 0.541. The first kappa shape index (κ1) is 20.3. The van der Waals surface area contributed by atoms with Crippen LogP contribution in [0.15, 0.2) is 53.6 Å². The standard InChI is InChI=1S/C19H18F3N5O2/c20-19(21,22)14-6-7-16(25-11-14)23-8-3-9-24-17(28)12-27-18(29)15-5-2-1-4-13(15)10-26-27/h1-2,4-7,10-11H,3,8-9,12H2,(H,23,25)(H,24,28). The van der Waals surface area contributed by atoms with Crippen molar-refractivity contribution in [2.24, 2.45) is 0 Å². The SMILES string of the molecule is O=C(Cn1ncc2ccccc2c1=O)NCCCNc1ccc(C(F)(F)F)cn1. The number of fused-ring (bicyclic) bond motifs is 1. The Labute approximate surface area is 163 Å². The quantitative estimate of drug-likeness (QED) is 0.590. The van der Waals surface area contributed by atoms with Gasteiger partial charge in [0, 0.05) is 24.7 Å². The number of alkyl halides is 3. The van der Waals surface area contributed by atoms with Crippen LogP contribution in [0.2, 0.25) is 0 Å². The van der Waals surface area contributed by atoms with Crippen molar-refractivity contribution < 1.29 is 18.0 Å². The molecule has 0 unspecified atom stereocenters. The third-order valence-corrected chi connectivity index (χ3v) is 4.13. The molecule has 3 aromatic rings. The third kappa shape index (κ3) is 5.31. The lowest BCUT2D eigenvalue weighted by molar-refractivity contribution is -0.137. The largest absolute Gasteiger partial charge is 0.417 e. The first-order valence-corrected chi connectivity index (χ1v) is 8.83. The Balaban J connectivity index is 1.42. The van der Waals surface area contributed by atoms with Gasteiger partial charge in [-0.1, -0.05) is 18.2 Å². The molecule has 0 atom stereocenters. The highest BCUT2D eigenvalue weighted by molar-refractivity contribution is 5.81. The molecule has 2 N–H and O–H groups in total. The molecule has 7 nitrogen and oxygen atoms in total.